The van der Waals surface area contributed by atoms with Crippen LogP contribution in [0.1, 0.15) is 226 Å². The van der Waals surface area contributed by atoms with E-state index in [2.05, 4.69) is 93.7 Å². The highest BCUT2D eigenvalue weighted by Gasteiger charge is 2.19. The summed E-state index contributed by atoms with van der Waals surface area (Å²) in [4.78, 5) is 37.8. The van der Waals surface area contributed by atoms with E-state index in [-0.39, 0.29) is 31.1 Å². The minimum Gasteiger partial charge on any atom is -0.462 e. The second-order valence-corrected chi connectivity index (χ2v) is 16.0. The van der Waals surface area contributed by atoms with Crippen LogP contribution in [-0.2, 0) is 28.6 Å². The first-order chi connectivity index (χ1) is 29.0. The smallest absolute Gasteiger partial charge is 0.306 e. The molecule has 0 rings (SSSR count). The van der Waals surface area contributed by atoms with Gasteiger partial charge in [-0.1, -0.05) is 184 Å². The Bertz CT molecular complexity index is 1130. The van der Waals surface area contributed by atoms with Crippen molar-refractivity contribution in [2.45, 2.75) is 232 Å². The van der Waals surface area contributed by atoms with Gasteiger partial charge in [-0.15, -0.1) is 0 Å². The molecular formula is C53H90O6. The quantitative estimate of drug-likeness (QED) is 0.0200. The average Bonchev–Trinajstić information content (AvgIpc) is 3.23. The van der Waals surface area contributed by atoms with Crippen LogP contribution in [0.4, 0.5) is 0 Å². The molecule has 0 spiro atoms. The van der Waals surface area contributed by atoms with Crippen molar-refractivity contribution in [2.24, 2.45) is 0 Å². The zero-order chi connectivity index (χ0) is 43.0. The lowest BCUT2D eigenvalue weighted by Gasteiger charge is -2.18. The van der Waals surface area contributed by atoms with E-state index in [9.17, 15) is 14.4 Å². The first-order valence-corrected chi connectivity index (χ1v) is 24.5. The summed E-state index contributed by atoms with van der Waals surface area (Å²) >= 11 is 0. The van der Waals surface area contributed by atoms with E-state index in [1.165, 1.54) is 70.6 Å². The third-order valence-corrected chi connectivity index (χ3v) is 10.2. The number of esters is 3. The largest absolute Gasteiger partial charge is 0.462 e. The van der Waals surface area contributed by atoms with Gasteiger partial charge in [0.2, 0.25) is 0 Å². The van der Waals surface area contributed by atoms with Crippen LogP contribution >= 0.6 is 0 Å². The van der Waals surface area contributed by atoms with Gasteiger partial charge in [-0.05, 0) is 96.3 Å². The van der Waals surface area contributed by atoms with Gasteiger partial charge >= 0.3 is 17.9 Å². The van der Waals surface area contributed by atoms with E-state index in [0.717, 1.165) is 116 Å². The summed E-state index contributed by atoms with van der Waals surface area (Å²) < 4.78 is 16.7. The lowest BCUT2D eigenvalue weighted by molar-refractivity contribution is -0.167. The molecule has 6 heteroatoms. The molecule has 1 atom stereocenters. The maximum absolute atomic E-state index is 12.7. The molecule has 0 N–H and O–H groups in total. The molecule has 0 amide bonds. The lowest BCUT2D eigenvalue weighted by atomic mass is 10.1. The Morgan fingerprint density at radius 1 is 0.373 bits per heavy atom. The molecular weight excluding hydrogens is 733 g/mol. The van der Waals surface area contributed by atoms with Crippen molar-refractivity contribution in [1.29, 1.82) is 0 Å². The molecule has 0 saturated heterocycles. The molecule has 0 saturated carbocycles. The van der Waals surface area contributed by atoms with E-state index in [1.807, 2.05) is 0 Å². The zero-order valence-corrected chi connectivity index (χ0v) is 38.5. The monoisotopic (exact) mass is 823 g/mol. The van der Waals surface area contributed by atoms with Gasteiger partial charge in [0.1, 0.15) is 13.2 Å². The van der Waals surface area contributed by atoms with Crippen molar-refractivity contribution < 1.29 is 28.6 Å². The van der Waals surface area contributed by atoms with Gasteiger partial charge < -0.3 is 14.2 Å². The fourth-order valence-electron chi connectivity index (χ4n) is 6.49. The van der Waals surface area contributed by atoms with Gasteiger partial charge in [-0.2, -0.15) is 0 Å². The average molecular weight is 823 g/mol. The van der Waals surface area contributed by atoms with Gasteiger partial charge in [0.15, 0.2) is 6.10 Å². The number of unbranched alkanes of at least 4 members (excludes halogenated alkanes) is 21. The Morgan fingerprint density at radius 2 is 0.729 bits per heavy atom. The van der Waals surface area contributed by atoms with Crippen molar-refractivity contribution in [3.63, 3.8) is 0 Å². The van der Waals surface area contributed by atoms with Crippen LogP contribution in [0, 0.1) is 0 Å². The number of hydrogen-bond donors (Lipinski definition) is 0. The summed E-state index contributed by atoms with van der Waals surface area (Å²) in [5.74, 6) is -0.960. The Kier molecular flexibility index (Phi) is 45.0. The minimum atomic E-state index is -0.799. The summed E-state index contributed by atoms with van der Waals surface area (Å²) in [6.07, 6.45) is 58.8. The first-order valence-electron chi connectivity index (χ1n) is 24.5. The number of rotatable bonds is 43. The van der Waals surface area contributed by atoms with Crippen LogP contribution < -0.4 is 0 Å². The maximum atomic E-state index is 12.7. The zero-order valence-electron chi connectivity index (χ0n) is 38.5. The lowest BCUT2D eigenvalue weighted by Crippen LogP contribution is -2.30. The molecule has 0 aromatic heterocycles. The number of hydrogen-bond acceptors (Lipinski definition) is 6. The molecule has 0 aliphatic carbocycles. The molecule has 1 unspecified atom stereocenters. The highest BCUT2D eigenvalue weighted by atomic mass is 16.6. The normalized spacial score (nSPS) is 12.7. The van der Waals surface area contributed by atoms with Gasteiger partial charge in [-0.25, -0.2) is 0 Å². The Morgan fingerprint density at radius 3 is 1.22 bits per heavy atom. The van der Waals surface area contributed by atoms with Crippen LogP contribution in [0.3, 0.4) is 0 Å². The highest BCUT2D eigenvalue weighted by molar-refractivity contribution is 5.71. The molecule has 6 nitrogen and oxygen atoms in total. The summed E-state index contributed by atoms with van der Waals surface area (Å²) in [6, 6.07) is 0. The van der Waals surface area contributed by atoms with Crippen LogP contribution in [0.15, 0.2) is 72.9 Å². The summed E-state index contributed by atoms with van der Waals surface area (Å²) in [5.41, 5.74) is 0. The van der Waals surface area contributed by atoms with Crippen molar-refractivity contribution >= 4 is 17.9 Å². The van der Waals surface area contributed by atoms with E-state index in [4.69, 9.17) is 14.2 Å². The molecule has 0 aromatic carbocycles. The van der Waals surface area contributed by atoms with E-state index in [1.54, 1.807) is 0 Å². The SMILES string of the molecule is CC/C=C\C/C=C\C/C=C\CCCCCCC(=O)OC(COC(=O)CCCCC/C=C\C=C/CCCCCCCCC)COC(=O)CCCCCCC/C=C\CCCC. The fourth-order valence-corrected chi connectivity index (χ4v) is 6.49. The van der Waals surface area contributed by atoms with E-state index < -0.39 is 6.10 Å². The molecule has 59 heavy (non-hydrogen) atoms. The molecule has 338 valence electrons. The van der Waals surface area contributed by atoms with Crippen LogP contribution in [0.2, 0.25) is 0 Å². The predicted octanol–water partition coefficient (Wildman–Crippen LogP) is 15.9. The Balaban J connectivity index is 4.46. The van der Waals surface area contributed by atoms with Gasteiger partial charge in [0, 0.05) is 19.3 Å². The topological polar surface area (TPSA) is 78.9 Å². The van der Waals surface area contributed by atoms with Crippen molar-refractivity contribution in [2.75, 3.05) is 13.2 Å². The van der Waals surface area contributed by atoms with Crippen molar-refractivity contribution in [1.82, 2.24) is 0 Å². The van der Waals surface area contributed by atoms with Gasteiger partial charge in [0.25, 0.3) is 0 Å². The Labute approximate surface area is 363 Å². The minimum absolute atomic E-state index is 0.0982. The number of carbonyl (C=O) groups excluding carboxylic acids is 3. The fraction of sp³-hybridized carbons (Fsp3) is 0.717. The first kappa shape index (κ1) is 55.9. The predicted molar refractivity (Wildman–Crippen MR) is 251 cm³/mol. The molecule has 0 bridgehead atoms. The summed E-state index contributed by atoms with van der Waals surface area (Å²) in [6.45, 7) is 6.42. The van der Waals surface area contributed by atoms with Crippen molar-refractivity contribution in [3.05, 3.63) is 72.9 Å². The molecule has 0 aliphatic heterocycles. The summed E-state index contributed by atoms with van der Waals surface area (Å²) in [5, 5.41) is 0. The standard InChI is InChI=1S/C53H90O6/c1-4-7-10-13-16-19-22-24-26-27-29-31-34-37-40-43-46-52(55)58-49-50(48-57-51(54)45-42-39-36-33-30-21-18-15-12-9-6-3)59-53(56)47-44-41-38-35-32-28-25-23-20-17-14-11-8-5-2/h8,11,15,17-18,20,25-29,31,50H,4-7,9-10,12-14,16,19,21-24,30,32-49H2,1-3H3/b11-8-,18-15-,20-17-,27-26-,28-25-,31-29-. The second kappa shape index (κ2) is 47.5. The second-order valence-electron chi connectivity index (χ2n) is 16.0. The van der Waals surface area contributed by atoms with Crippen LogP contribution in [0.25, 0.3) is 0 Å². The van der Waals surface area contributed by atoms with Gasteiger partial charge in [0.05, 0.1) is 0 Å². The van der Waals surface area contributed by atoms with Gasteiger partial charge in [-0.3, -0.25) is 14.4 Å². The van der Waals surface area contributed by atoms with Crippen LogP contribution in [-0.4, -0.2) is 37.2 Å². The van der Waals surface area contributed by atoms with Crippen LogP contribution in [0.5, 0.6) is 0 Å². The van der Waals surface area contributed by atoms with Crippen molar-refractivity contribution in [3.8, 4) is 0 Å². The third kappa shape index (κ3) is 45.8. The molecule has 0 radical (unpaired) electrons. The number of allylic oxidation sites excluding steroid dienone is 12. The maximum Gasteiger partial charge on any atom is 0.306 e. The number of ether oxygens (including phenoxy) is 3. The molecule has 0 aliphatic rings. The molecule has 0 fully saturated rings. The van der Waals surface area contributed by atoms with E-state index >= 15 is 0 Å². The van der Waals surface area contributed by atoms with E-state index in [0.29, 0.717) is 19.3 Å². The number of carbonyl (C=O) groups is 3. The highest BCUT2D eigenvalue weighted by Crippen LogP contribution is 2.13. The summed E-state index contributed by atoms with van der Waals surface area (Å²) in [7, 11) is 0. The molecule has 0 aromatic rings. The third-order valence-electron chi connectivity index (χ3n) is 10.2. The molecule has 0 heterocycles. The Hall–Kier alpha value is -3.15.